The maximum atomic E-state index is 12.6. The van der Waals surface area contributed by atoms with Gasteiger partial charge in [0.15, 0.2) is 0 Å². The fourth-order valence-electron chi connectivity index (χ4n) is 2.84. The van der Waals surface area contributed by atoms with Gasteiger partial charge in [0.25, 0.3) is 0 Å². The number of rotatable bonds is 8. The highest BCUT2D eigenvalue weighted by atomic mass is 16.4. The first kappa shape index (κ1) is 19.9. The van der Waals surface area contributed by atoms with Gasteiger partial charge in [-0.2, -0.15) is 0 Å². The van der Waals surface area contributed by atoms with Gasteiger partial charge in [0.05, 0.1) is 12.1 Å². The van der Waals surface area contributed by atoms with E-state index >= 15 is 0 Å². The van der Waals surface area contributed by atoms with Crippen molar-refractivity contribution in [1.29, 1.82) is 0 Å². The highest BCUT2D eigenvalue weighted by Gasteiger charge is 2.38. The largest absolute Gasteiger partial charge is 0.480 e. The Morgan fingerprint density at radius 2 is 1.74 bits per heavy atom. The number of β-amino-alcohol motifs (C(OH)–C–C–N with tert-alkyl or cyclic N) is 1. The summed E-state index contributed by atoms with van der Waals surface area (Å²) in [5.41, 5.74) is -0.754. The highest BCUT2D eigenvalue weighted by molar-refractivity contribution is 5.89. The molecule has 0 aromatic heterocycles. The third-order valence-electron chi connectivity index (χ3n) is 4.45. The van der Waals surface area contributed by atoms with E-state index in [9.17, 15) is 14.7 Å². The van der Waals surface area contributed by atoms with Crippen molar-refractivity contribution in [3.63, 3.8) is 0 Å². The minimum Gasteiger partial charge on any atom is -0.480 e. The van der Waals surface area contributed by atoms with Gasteiger partial charge >= 0.3 is 5.97 Å². The first-order chi connectivity index (χ1) is 10.7. The van der Waals surface area contributed by atoms with Crippen LogP contribution >= 0.6 is 0 Å². The smallest absolute Gasteiger partial charge is 0.326 e. The van der Waals surface area contributed by atoms with Crippen LogP contribution in [0.4, 0.5) is 0 Å². The van der Waals surface area contributed by atoms with Crippen molar-refractivity contribution in [3.8, 4) is 0 Å². The molecule has 0 bridgehead atoms. The molecule has 3 N–H and O–H groups in total. The quantitative estimate of drug-likeness (QED) is 0.580. The predicted octanol–water partition coefficient (Wildman–Crippen LogP) is -0.00960. The van der Waals surface area contributed by atoms with Crippen molar-refractivity contribution in [1.82, 2.24) is 15.1 Å². The molecule has 1 unspecified atom stereocenters. The average Bonchev–Trinajstić information content (AvgIpc) is 2.46. The zero-order chi connectivity index (χ0) is 17.6. The lowest BCUT2D eigenvalue weighted by Gasteiger charge is -2.43. The van der Waals surface area contributed by atoms with E-state index in [0.717, 1.165) is 26.2 Å². The molecule has 0 aromatic carbocycles. The molecule has 23 heavy (non-hydrogen) atoms. The number of aliphatic hydroxyl groups is 1. The second-order valence-electron chi connectivity index (χ2n) is 7.11. The molecule has 0 spiro atoms. The summed E-state index contributed by atoms with van der Waals surface area (Å²) in [5.74, 6) is -1.04. The van der Waals surface area contributed by atoms with Crippen molar-refractivity contribution >= 4 is 11.9 Å². The predicted molar refractivity (Wildman–Crippen MR) is 88.2 cm³/mol. The monoisotopic (exact) mass is 329 g/mol. The number of nitrogens with one attached hydrogen (secondary N) is 1. The Kier molecular flexibility index (Phi) is 7.44. The maximum absolute atomic E-state index is 12.6. The molecule has 7 heteroatoms. The van der Waals surface area contributed by atoms with E-state index in [1.807, 2.05) is 27.7 Å². The van der Waals surface area contributed by atoms with Crippen LogP contribution in [0.1, 0.15) is 34.1 Å². The van der Waals surface area contributed by atoms with E-state index in [0.29, 0.717) is 13.0 Å². The summed E-state index contributed by atoms with van der Waals surface area (Å²) in [5, 5.41) is 21.0. The topological polar surface area (TPSA) is 93.1 Å². The van der Waals surface area contributed by atoms with Crippen molar-refractivity contribution in [2.75, 3.05) is 39.3 Å². The van der Waals surface area contributed by atoms with E-state index in [1.54, 1.807) is 0 Å². The molecule has 1 heterocycles. The average molecular weight is 329 g/mol. The van der Waals surface area contributed by atoms with Crippen LogP contribution in [0, 0.1) is 5.92 Å². The molecule has 1 aliphatic heterocycles. The van der Waals surface area contributed by atoms with Gasteiger partial charge in [0, 0.05) is 32.7 Å². The molecule has 0 aromatic rings. The Morgan fingerprint density at radius 3 is 2.17 bits per heavy atom. The number of carboxylic acid groups (broad SMARTS) is 1. The van der Waals surface area contributed by atoms with Crippen LogP contribution in [0.25, 0.3) is 0 Å². The van der Waals surface area contributed by atoms with Gasteiger partial charge < -0.3 is 15.5 Å². The zero-order valence-corrected chi connectivity index (χ0v) is 14.7. The molecule has 134 valence electrons. The Bertz CT molecular complexity index is 404. The number of aliphatic hydroxyl groups excluding tert-OH is 1. The van der Waals surface area contributed by atoms with E-state index in [1.165, 1.54) is 0 Å². The molecular weight excluding hydrogens is 298 g/mol. The number of aliphatic carboxylic acids is 1. The van der Waals surface area contributed by atoms with E-state index in [4.69, 9.17) is 5.11 Å². The number of carboxylic acids is 1. The fourth-order valence-corrected chi connectivity index (χ4v) is 2.84. The van der Waals surface area contributed by atoms with Crippen molar-refractivity contribution in [3.05, 3.63) is 0 Å². The van der Waals surface area contributed by atoms with Gasteiger partial charge in [0.2, 0.25) is 5.91 Å². The molecule has 0 saturated carbocycles. The first-order valence-corrected chi connectivity index (χ1v) is 8.30. The third-order valence-corrected chi connectivity index (χ3v) is 4.45. The van der Waals surface area contributed by atoms with Gasteiger partial charge in [-0.05, 0) is 26.2 Å². The molecule has 7 nitrogen and oxygen atoms in total. The molecule has 1 atom stereocenters. The Labute approximate surface area is 138 Å². The number of carbonyl (C=O) groups excluding carboxylic acids is 1. The number of nitrogens with zero attached hydrogens (tertiary/aromatic N) is 2. The van der Waals surface area contributed by atoms with Gasteiger partial charge in [-0.3, -0.25) is 14.6 Å². The molecule has 1 saturated heterocycles. The van der Waals surface area contributed by atoms with E-state index < -0.39 is 17.6 Å². The highest BCUT2D eigenvalue weighted by Crippen LogP contribution is 2.18. The lowest BCUT2D eigenvalue weighted by Crippen LogP contribution is -2.62. The molecule has 0 aliphatic carbocycles. The summed E-state index contributed by atoms with van der Waals surface area (Å²) in [6, 6.07) is -0.850. The van der Waals surface area contributed by atoms with Crippen molar-refractivity contribution < 1.29 is 19.8 Å². The standard InChI is InChI=1S/C16H31N3O4/c1-12(2)11-13(14(21)22)17-15(23)16(3,4)19-7-5-18(6-8-19)9-10-20/h12-13,20H,5-11H2,1-4H3,(H,17,23)(H,21,22). The summed E-state index contributed by atoms with van der Waals surface area (Å²) in [6.45, 7) is 11.4. The Morgan fingerprint density at radius 1 is 1.17 bits per heavy atom. The van der Waals surface area contributed by atoms with Crippen molar-refractivity contribution in [2.45, 2.75) is 45.7 Å². The number of carbonyl (C=O) groups is 2. The normalized spacial score (nSPS) is 18.9. The van der Waals surface area contributed by atoms with Crippen LogP contribution in [0.5, 0.6) is 0 Å². The van der Waals surface area contributed by atoms with Gasteiger partial charge in [0.1, 0.15) is 6.04 Å². The Hall–Kier alpha value is -1.18. The van der Waals surface area contributed by atoms with E-state index in [2.05, 4.69) is 15.1 Å². The van der Waals surface area contributed by atoms with Crippen molar-refractivity contribution in [2.24, 2.45) is 5.92 Å². The third kappa shape index (κ3) is 5.75. The molecule has 0 radical (unpaired) electrons. The summed E-state index contributed by atoms with van der Waals surface area (Å²) >= 11 is 0. The number of amides is 1. The molecule has 1 fully saturated rings. The molecular formula is C16H31N3O4. The fraction of sp³-hybridized carbons (Fsp3) is 0.875. The van der Waals surface area contributed by atoms with Crippen LogP contribution in [-0.2, 0) is 9.59 Å². The summed E-state index contributed by atoms with van der Waals surface area (Å²) < 4.78 is 0. The SMILES string of the molecule is CC(C)CC(NC(=O)C(C)(C)N1CCN(CCO)CC1)C(=O)O. The van der Waals surface area contributed by atoms with Gasteiger partial charge in [-0.1, -0.05) is 13.8 Å². The van der Waals surface area contributed by atoms with Crippen LogP contribution < -0.4 is 5.32 Å². The number of hydrogen-bond acceptors (Lipinski definition) is 5. The van der Waals surface area contributed by atoms with Gasteiger partial charge in [-0.15, -0.1) is 0 Å². The second kappa shape index (κ2) is 8.61. The summed E-state index contributed by atoms with van der Waals surface area (Å²) in [4.78, 5) is 28.2. The van der Waals surface area contributed by atoms with Crippen LogP contribution in [0.3, 0.4) is 0 Å². The number of hydrogen-bond donors (Lipinski definition) is 3. The zero-order valence-electron chi connectivity index (χ0n) is 14.7. The number of piperazine rings is 1. The molecule has 1 rings (SSSR count). The summed E-state index contributed by atoms with van der Waals surface area (Å²) in [6.07, 6.45) is 0.418. The Balaban J connectivity index is 2.64. The van der Waals surface area contributed by atoms with Crippen LogP contribution in [0.2, 0.25) is 0 Å². The maximum Gasteiger partial charge on any atom is 0.326 e. The first-order valence-electron chi connectivity index (χ1n) is 8.30. The second-order valence-corrected chi connectivity index (χ2v) is 7.11. The minimum absolute atomic E-state index is 0.138. The van der Waals surface area contributed by atoms with E-state index in [-0.39, 0.29) is 18.4 Å². The van der Waals surface area contributed by atoms with Crippen LogP contribution in [-0.4, -0.2) is 82.8 Å². The molecule has 1 amide bonds. The lowest BCUT2D eigenvalue weighted by molar-refractivity contribution is -0.145. The lowest BCUT2D eigenvalue weighted by atomic mass is 9.98. The minimum atomic E-state index is -0.990. The van der Waals surface area contributed by atoms with Crippen LogP contribution in [0.15, 0.2) is 0 Å². The van der Waals surface area contributed by atoms with Gasteiger partial charge in [-0.25, -0.2) is 4.79 Å². The summed E-state index contributed by atoms with van der Waals surface area (Å²) in [7, 11) is 0. The molecule has 1 aliphatic rings.